The Morgan fingerprint density at radius 3 is 2.94 bits per heavy atom. The highest BCUT2D eigenvalue weighted by molar-refractivity contribution is 5.87. The Bertz CT molecular complexity index is 326. The summed E-state index contributed by atoms with van der Waals surface area (Å²) in [6, 6.07) is 0.257. The van der Waals surface area contributed by atoms with Crippen LogP contribution in [0.5, 0.6) is 0 Å². The first kappa shape index (κ1) is 12.4. The van der Waals surface area contributed by atoms with Crippen molar-refractivity contribution in [1.29, 1.82) is 0 Å². The Hall–Kier alpha value is -0.610. The highest BCUT2D eigenvalue weighted by atomic mass is 16.5. The first-order chi connectivity index (χ1) is 8.73. The Kier molecular flexibility index (Phi) is 3.32. The zero-order valence-electron chi connectivity index (χ0n) is 11.2. The van der Waals surface area contributed by atoms with Crippen molar-refractivity contribution in [2.75, 3.05) is 6.54 Å². The number of hydrogen-bond donors (Lipinski definition) is 2. The fourth-order valence-corrected chi connectivity index (χ4v) is 3.85. The predicted octanol–water partition coefficient (Wildman–Crippen LogP) is 1.34. The summed E-state index contributed by atoms with van der Waals surface area (Å²) in [6.07, 6.45) is 8.07. The number of rotatable bonds is 4. The van der Waals surface area contributed by atoms with Crippen LogP contribution in [0.3, 0.4) is 0 Å². The van der Waals surface area contributed by atoms with E-state index in [0.717, 1.165) is 45.1 Å². The molecular formula is C14H24N2O2. The van der Waals surface area contributed by atoms with Crippen molar-refractivity contribution in [3.05, 3.63) is 0 Å². The molecular weight excluding hydrogens is 228 g/mol. The zero-order valence-corrected chi connectivity index (χ0v) is 11.2. The van der Waals surface area contributed by atoms with Gasteiger partial charge in [-0.25, -0.2) is 0 Å². The molecule has 18 heavy (non-hydrogen) atoms. The molecule has 3 aliphatic rings. The van der Waals surface area contributed by atoms with Crippen molar-refractivity contribution in [1.82, 2.24) is 10.6 Å². The van der Waals surface area contributed by atoms with Gasteiger partial charge < -0.3 is 15.4 Å². The van der Waals surface area contributed by atoms with E-state index in [1.165, 1.54) is 6.42 Å². The normalized spacial score (nSPS) is 42.4. The molecule has 3 aliphatic heterocycles. The first-order valence-corrected chi connectivity index (χ1v) is 7.45. The number of ether oxygens (including phenoxy) is 1. The summed E-state index contributed by atoms with van der Waals surface area (Å²) >= 11 is 0. The summed E-state index contributed by atoms with van der Waals surface area (Å²) in [5, 5.41) is 6.69. The van der Waals surface area contributed by atoms with Gasteiger partial charge in [-0.3, -0.25) is 4.79 Å². The molecule has 3 rings (SSSR count). The molecule has 0 aromatic rings. The van der Waals surface area contributed by atoms with Gasteiger partial charge in [-0.2, -0.15) is 0 Å². The average Bonchev–Trinajstić information content (AvgIpc) is 3.04. The second-order valence-electron chi connectivity index (χ2n) is 6.05. The number of carbonyl (C=O) groups excluding carboxylic acids is 1. The van der Waals surface area contributed by atoms with Crippen molar-refractivity contribution in [3.63, 3.8) is 0 Å². The highest BCUT2D eigenvalue weighted by Crippen LogP contribution is 2.35. The van der Waals surface area contributed by atoms with Crippen molar-refractivity contribution < 1.29 is 9.53 Å². The molecule has 0 aromatic carbocycles. The number of fused-ring (bicyclic) bond motifs is 2. The van der Waals surface area contributed by atoms with Crippen LogP contribution in [0, 0.1) is 0 Å². The van der Waals surface area contributed by atoms with Crippen LogP contribution < -0.4 is 10.6 Å². The minimum Gasteiger partial charge on any atom is -0.373 e. The summed E-state index contributed by atoms with van der Waals surface area (Å²) < 4.78 is 5.81. The molecule has 4 nitrogen and oxygen atoms in total. The lowest BCUT2D eigenvalue weighted by atomic mass is 9.89. The van der Waals surface area contributed by atoms with Crippen LogP contribution in [0.2, 0.25) is 0 Å². The third-order valence-electron chi connectivity index (χ3n) is 4.78. The summed E-state index contributed by atoms with van der Waals surface area (Å²) in [5.74, 6) is 0.211. The predicted molar refractivity (Wildman–Crippen MR) is 69.3 cm³/mol. The molecule has 4 unspecified atom stereocenters. The van der Waals surface area contributed by atoms with Gasteiger partial charge in [0, 0.05) is 0 Å². The third kappa shape index (κ3) is 2.05. The molecule has 0 radical (unpaired) electrons. The molecule has 2 N–H and O–H groups in total. The highest BCUT2D eigenvalue weighted by Gasteiger charge is 2.45. The molecule has 3 fully saturated rings. The van der Waals surface area contributed by atoms with Crippen molar-refractivity contribution >= 4 is 5.91 Å². The lowest BCUT2D eigenvalue weighted by molar-refractivity contribution is -0.128. The van der Waals surface area contributed by atoms with Gasteiger partial charge in [-0.1, -0.05) is 13.3 Å². The van der Waals surface area contributed by atoms with Crippen LogP contribution in [-0.2, 0) is 9.53 Å². The van der Waals surface area contributed by atoms with Crippen LogP contribution in [0.15, 0.2) is 0 Å². The van der Waals surface area contributed by atoms with Gasteiger partial charge in [-0.15, -0.1) is 0 Å². The van der Waals surface area contributed by atoms with Crippen LogP contribution in [0.4, 0.5) is 0 Å². The number of amides is 1. The molecule has 0 aromatic heterocycles. The van der Waals surface area contributed by atoms with E-state index < -0.39 is 0 Å². The maximum atomic E-state index is 12.6. The molecule has 102 valence electrons. The molecule has 2 bridgehead atoms. The van der Waals surface area contributed by atoms with Crippen LogP contribution >= 0.6 is 0 Å². The second-order valence-corrected chi connectivity index (χ2v) is 6.05. The first-order valence-electron chi connectivity index (χ1n) is 7.45. The van der Waals surface area contributed by atoms with Crippen LogP contribution in [0.1, 0.15) is 51.9 Å². The van der Waals surface area contributed by atoms with Gasteiger partial charge in [0.25, 0.3) is 0 Å². The Morgan fingerprint density at radius 2 is 2.39 bits per heavy atom. The van der Waals surface area contributed by atoms with Crippen LogP contribution in [-0.4, -0.2) is 36.2 Å². The van der Waals surface area contributed by atoms with Gasteiger partial charge >= 0.3 is 0 Å². The molecule has 4 atom stereocenters. The van der Waals surface area contributed by atoms with Gasteiger partial charge in [0.05, 0.1) is 23.8 Å². The molecule has 1 amide bonds. The molecule has 0 aliphatic carbocycles. The van der Waals surface area contributed by atoms with Gasteiger partial charge in [-0.05, 0) is 45.1 Å². The SMILES string of the molecule is CCCC1(C(=O)NC2CC3CCC2O3)CCCN1. The van der Waals surface area contributed by atoms with E-state index in [1.54, 1.807) is 0 Å². The standard InChI is InChI=1S/C14H24N2O2/c1-2-6-14(7-3-8-15-14)13(17)16-11-9-10-4-5-12(11)18-10/h10-12,15H,2-9H2,1H3,(H,16,17). The maximum absolute atomic E-state index is 12.6. The summed E-state index contributed by atoms with van der Waals surface area (Å²) in [7, 11) is 0. The quantitative estimate of drug-likeness (QED) is 0.794. The molecule has 0 saturated carbocycles. The summed E-state index contributed by atoms with van der Waals surface area (Å²) in [4.78, 5) is 12.6. The monoisotopic (exact) mass is 252 g/mol. The lowest BCUT2D eigenvalue weighted by Gasteiger charge is -2.31. The van der Waals surface area contributed by atoms with Gasteiger partial charge in [0.1, 0.15) is 0 Å². The van der Waals surface area contributed by atoms with E-state index >= 15 is 0 Å². The van der Waals surface area contributed by atoms with Gasteiger partial charge in [0.2, 0.25) is 5.91 Å². The summed E-state index contributed by atoms with van der Waals surface area (Å²) in [5.41, 5.74) is -0.295. The summed E-state index contributed by atoms with van der Waals surface area (Å²) in [6.45, 7) is 3.12. The number of carbonyl (C=O) groups is 1. The van der Waals surface area contributed by atoms with Crippen LogP contribution in [0.25, 0.3) is 0 Å². The second kappa shape index (κ2) is 4.82. The van der Waals surface area contributed by atoms with E-state index in [2.05, 4.69) is 17.6 Å². The Labute approximate surface area is 109 Å². The molecule has 4 heteroatoms. The third-order valence-corrected chi connectivity index (χ3v) is 4.78. The van der Waals surface area contributed by atoms with E-state index in [-0.39, 0.29) is 23.6 Å². The lowest BCUT2D eigenvalue weighted by Crippen LogP contribution is -2.57. The molecule has 3 heterocycles. The minimum absolute atomic E-state index is 0.211. The largest absolute Gasteiger partial charge is 0.373 e. The van der Waals surface area contributed by atoms with Crippen molar-refractivity contribution in [3.8, 4) is 0 Å². The Morgan fingerprint density at radius 1 is 1.50 bits per heavy atom. The van der Waals surface area contributed by atoms with E-state index in [9.17, 15) is 4.79 Å². The fourth-order valence-electron chi connectivity index (χ4n) is 3.85. The molecule has 3 saturated heterocycles. The Balaban J connectivity index is 1.63. The van der Waals surface area contributed by atoms with Crippen molar-refractivity contribution in [2.24, 2.45) is 0 Å². The van der Waals surface area contributed by atoms with E-state index in [4.69, 9.17) is 4.74 Å². The minimum atomic E-state index is -0.295. The zero-order chi connectivity index (χ0) is 12.6. The average molecular weight is 252 g/mol. The van der Waals surface area contributed by atoms with E-state index in [1.807, 2.05) is 0 Å². The number of nitrogens with one attached hydrogen (secondary N) is 2. The van der Waals surface area contributed by atoms with Gasteiger partial charge in [0.15, 0.2) is 0 Å². The smallest absolute Gasteiger partial charge is 0.240 e. The van der Waals surface area contributed by atoms with E-state index in [0.29, 0.717) is 6.10 Å². The topological polar surface area (TPSA) is 50.4 Å². The molecule has 0 spiro atoms. The fraction of sp³-hybridized carbons (Fsp3) is 0.929. The maximum Gasteiger partial charge on any atom is 0.240 e. The number of hydrogen-bond acceptors (Lipinski definition) is 3. The van der Waals surface area contributed by atoms with Crippen molar-refractivity contribution in [2.45, 2.75) is 75.7 Å².